The number of amides is 1. The van der Waals surface area contributed by atoms with Crippen molar-refractivity contribution in [2.45, 2.75) is 66.0 Å². The van der Waals surface area contributed by atoms with Gasteiger partial charge >= 0.3 is 6.09 Å². The van der Waals surface area contributed by atoms with E-state index in [1.165, 1.54) is 0 Å². The number of hydrogen-bond acceptors (Lipinski definition) is 3. The summed E-state index contributed by atoms with van der Waals surface area (Å²) in [5.41, 5.74) is -0.243. The topological polar surface area (TPSA) is 55.4 Å². The summed E-state index contributed by atoms with van der Waals surface area (Å²) in [7, 11) is 0. The summed E-state index contributed by atoms with van der Waals surface area (Å²) in [6.07, 6.45) is 1.11. The van der Waals surface area contributed by atoms with Crippen molar-refractivity contribution in [1.82, 2.24) is 5.32 Å². The highest BCUT2D eigenvalue weighted by atomic mass is 16.6. The zero-order chi connectivity index (χ0) is 14.1. The van der Waals surface area contributed by atoms with Gasteiger partial charge in [0.1, 0.15) is 5.60 Å². The first kappa shape index (κ1) is 15.0. The fourth-order valence-electron chi connectivity index (χ4n) is 1.91. The Balaban J connectivity index is 2.34. The Bertz CT molecular complexity index is 341. The van der Waals surface area contributed by atoms with Crippen molar-refractivity contribution in [1.29, 1.82) is 0 Å². The van der Waals surface area contributed by atoms with Crippen LogP contribution in [0, 0.1) is 11.3 Å². The van der Waals surface area contributed by atoms with Crippen molar-refractivity contribution in [3.63, 3.8) is 0 Å². The predicted molar refractivity (Wildman–Crippen MR) is 70.3 cm³/mol. The predicted octanol–water partition coefficient (Wildman–Crippen LogP) is 2.90. The number of carbonyl (C=O) groups is 2. The van der Waals surface area contributed by atoms with E-state index in [0.29, 0.717) is 17.8 Å². The van der Waals surface area contributed by atoms with Gasteiger partial charge in [-0.2, -0.15) is 0 Å². The van der Waals surface area contributed by atoms with Gasteiger partial charge in [0.15, 0.2) is 5.78 Å². The highest BCUT2D eigenvalue weighted by molar-refractivity contribution is 5.87. The molecule has 4 heteroatoms. The van der Waals surface area contributed by atoms with Crippen LogP contribution in [0.5, 0.6) is 0 Å². The van der Waals surface area contributed by atoms with Crippen LogP contribution in [0.25, 0.3) is 0 Å². The van der Waals surface area contributed by atoms with Crippen LogP contribution in [0.1, 0.15) is 54.4 Å². The molecule has 0 aromatic heterocycles. The Morgan fingerprint density at radius 2 is 1.89 bits per heavy atom. The number of alkyl carbamates (subject to hydrolysis) is 1. The van der Waals surface area contributed by atoms with Crippen molar-refractivity contribution in [3.8, 4) is 0 Å². The molecule has 1 aliphatic carbocycles. The molecule has 0 aromatic carbocycles. The second-order valence-electron chi connectivity index (χ2n) is 6.93. The second kappa shape index (κ2) is 4.90. The van der Waals surface area contributed by atoms with E-state index in [2.05, 4.69) is 19.2 Å². The van der Waals surface area contributed by atoms with Gasteiger partial charge in [0, 0.05) is 6.42 Å². The third kappa shape index (κ3) is 4.67. The SMILES string of the molecule is CC(NC(=O)OC(C)(C)C)C(=O)CC1CC1(C)C. The maximum absolute atomic E-state index is 11.9. The first-order valence-electron chi connectivity index (χ1n) is 6.53. The molecule has 2 unspecified atom stereocenters. The van der Waals surface area contributed by atoms with E-state index >= 15 is 0 Å². The fraction of sp³-hybridized carbons (Fsp3) is 0.857. The van der Waals surface area contributed by atoms with Crippen LogP contribution >= 0.6 is 0 Å². The number of nitrogens with one attached hydrogen (secondary N) is 1. The highest BCUT2D eigenvalue weighted by Gasteiger charge is 2.46. The van der Waals surface area contributed by atoms with E-state index in [9.17, 15) is 9.59 Å². The molecule has 0 heterocycles. The summed E-state index contributed by atoms with van der Waals surface area (Å²) in [6, 6.07) is -0.476. The molecule has 0 saturated heterocycles. The van der Waals surface area contributed by atoms with Gasteiger partial charge < -0.3 is 10.1 Å². The first-order valence-corrected chi connectivity index (χ1v) is 6.53. The summed E-state index contributed by atoms with van der Waals surface area (Å²) >= 11 is 0. The van der Waals surface area contributed by atoms with Crippen molar-refractivity contribution in [2.24, 2.45) is 11.3 Å². The second-order valence-corrected chi connectivity index (χ2v) is 6.93. The molecule has 4 nitrogen and oxygen atoms in total. The number of carbonyl (C=O) groups excluding carboxylic acids is 2. The molecule has 2 atom stereocenters. The van der Waals surface area contributed by atoms with E-state index in [-0.39, 0.29) is 5.78 Å². The number of ether oxygens (including phenoxy) is 1. The van der Waals surface area contributed by atoms with Gasteiger partial charge in [0.2, 0.25) is 0 Å². The smallest absolute Gasteiger partial charge is 0.408 e. The molecule has 1 amide bonds. The zero-order valence-electron chi connectivity index (χ0n) is 12.3. The Hall–Kier alpha value is -1.06. The molecule has 0 bridgehead atoms. The lowest BCUT2D eigenvalue weighted by Crippen LogP contribution is -2.41. The number of Topliss-reactive ketones (excluding diaryl/α,β-unsaturated/α-hetero) is 1. The maximum Gasteiger partial charge on any atom is 0.408 e. The molecule has 1 fully saturated rings. The van der Waals surface area contributed by atoms with Crippen LogP contribution in [0.2, 0.25) is 0 Å². The van der Waals surface area contributed by atoms with Gasteiger partial charge in [0.25, 0.3) is 0 Å². The summed E-state index contributed by atoms with van der Waals surface area (Å²) in [6.45, 7) is 11.4. The van der Waals surface area contributed by atoms with Crippen molar-refractivity contribution >= 4 is 11.9 Å². The van der Waals surface area contributed by atoms with Crippen molar-refractivity contribution < 1.29 is 14.3 Å². The van der Waals surface area contributed by atoms with Gasteiger partial charge in [-0.1, -0.05) is 13.8 Å². The molecule has 0 radical (unpaired) electrons. The van der Waals surface area contributed by atoms with Crippen LogP contribution in [-0.4, -0.2) is 23.5 Å². The van der Waals surface area contributed by atoms with Gasteiger partial charge in [-0.25, -0.2) is 4.79 Å². The van der Waals surface area contributed by atoms with Gasteiger partial charge in [0.05, 0.1) is 6.04 Å². The summed E-state index contributed by atoms with van der Waals surface area (Å²) < 4.78 is 5.12. The monoisotopic (exact) mass is 255 g/mol. The van der Waals surface area contributed by atoms with Gasteiger partial charge in [-0.15, -0.1) is 0 Å². The molecule has 1 saturated carbocycles. The summed E-state index contributed by atoms with van der Waals surface area (Å²) in [5.74, 6) is 0.546. The number of hydrogen-bond donors (Lipinski definition) is 1. The van der Waals surface area contributed by atoms with Crippen molar-refractivity contribution in [2.75, 3.05) is 0 Å². The number of rotatable bonds is 4. The molecule has 0 aliphatic heterocycles. The van der Waals surface area contributed by atoms with Crippen LogP contribution in [0.15, 0.2) is 0 Å². The fourth-order valence-corrected chi connectivity index (χ4v) is 1.91. The molecular weight excluding hydrogens is 230 g/mol. The summed E-state index contributed by atoms with van der Waals surface area (Å²) in [4.78, 5) is 23.4. The maximum atomic E-state index is 11.9. The van der Waals surface area contributed by atoms with Gasteiger partial charge in [-0.3, -0.25) is 4.79 Å². The first-order chi connectivity index (χ1) is 8.01. The normalized spacial score (nSPS) is 23.1. The van der Waals surface area contributed by atoms with Gasteiger partial charge in [-0.05, 0) is 45.4 Å². The van der Waals surface area contributed by atoms with E-state index in [0.717, 1.165) is 6.42 Å². The number of ketones is 1. The van der Waals surface area contributed by atoms with E-state index < -0.39 is 17.7 Å². The molecule has 1 aliphatic rings. The molecule has 0 spiro atoms. The van der Waals surface area contributed by atoms with Crippen molar-refractivity contribution in [3.05, 3.63) is 0 Å². The minimum atomic E-state index is -0.536. The molecule has 18 heavy (non-hydrogen) atoms. The Morgan fingerprint density at radius 3 is 2.28 bits per heavy atom. The average Bonchev–Trinajstić information content (AvgIpc) is 2.69. The lowest BCUT2D eigenvalue weighted by atomic mass is 10.0. The minimum absolute atomic E-state index is 0.0800. The third-order valence-electron chi connectivity index (χ3n) is 3.38. The van der Waals surface area contributed by atoms with Crippen LogP contribution in [0.4, 0.5) is 4.79 Å². The molecular formula is C14H25NO3. The van der Waals surface area contributed by atoms with E-state index in [1.54, 1.807) is 27.7 Å². The lowest BCUT2D eigenvalue weighted by molar-refractivity contribution is -0.121. The Kier molecular flexibility index (Phi) is 4.08. The Labute approximate surface area is 109 Å². The average molecular weight is 255 g/mol. The van der Waals surface area contributed by atoms with E-state index in [1.807, 2.05) is 0 Å². The molecule has 0 aromatic rings. The van der Waals surface area contributed by atoms with Crippen LogP contribution in [-0.2, 0) is 9.53 Å². The quantitative estimate of drug-likeness (QED) is 0.840. The largest absolute Gasteiger partial charge is 0.444 e. The molecule has 1 N–H and O–H groups in total. The zero-order valence-corrected chi connectivity index (χ0v) is 12.3. The summed E-state index contributed by atoms with van der Waals surface area (Å²) in [5, 5.41) is 2.59. The van der Waals surface area contributed by atoms with E-state index in [4.69, 9.17) is 4.74 Å². The molecule has 104 valence electrons. The minimum Gasteiger partial charge on any atom is -0.444 e. The standard InChI is InChI=1S/C14H25NO3/c1-9(15-12(17)18-13(2,3)4)11(16)7-10-8-14(10,5)6/h9-10H,7-8H2,1-6H3,(H,15,17). The third-order valence-corrected chi connectivity index (χ3v) is 3.38. The molecule has 1 rings (SSSR count). The Morgan fingerprint density at radius 1 is 1.39 bits per heavy atom. The van der Waals surface area contributed by atoms with Crippen LogP contribution < -0.4 is 5.32 Å². The highest BCUT2D eigenvalue weighted by Crippen LogP contribution is 2.53. The van der Waals surface area contributed by atoms with Crippen LogP contribution in [0.3, 0.4) is 0 Å². The lowest BCUT2D eigenvalue weighted by Gasteiger charge is -2.21.